The first kappa shape index (κ1) is 17.8. The molecule has 0 aliphatic carbocycles. The minimum absolute atomic E-state index is 0.0408. The summed E-state index contributed by atoms with van der Waals surface area (Å²) in [6.07, 6.45) is 2.22. The molecule has 5 heteroatoms. The number of hydrogen-bond acceptors (Lipinski definition) is 4. The average molecular weight is 320 g/mol. The largest absolute Gasteiger partial charge is 0.494 e. The van der Waals surface area contributed by atoms with Crippen LogP contribution in [0.4, 0.5) is 0 Å². The van der Waals surface area contributed by atoms with E-state index in [0.717, 1.165) is 25.1 Å². The van der Waals surface area contributed by atoms with E-state index in [0.29, 0.717) is 25.8 Å². The predicted molar refractivity (Wildman–Crippen MR) is 90.6 cm³/mol. The third-order valence-corrected chi connectivity index (χ3v) is 4.11. The number of hydrogen-bond donors (Lipinski definition) is 1. The van der Waals surface area contributed by atoms with Crippen LogP contribution in [0.3, 0.4) is 0 Å². The lowest BCUT2D eigenvalue weighted by Gasteiger charge is -2.25. The number of likely N-dealkylation sites (tertiary alicyclic amines) is 1. The minimum Gasteiger partial charge on any atom is -0.494 e. The SMILES string of the molecule is CCOc1ccc([C@@H]2CCCN2CC(=O)N[C@H](C)COC)cc1. The van der Waals surface area contributed by atoms with Crippen LogP contribution in [-0.4, -0.2) is 50.3 Å². The first-order valence-electron chi connectivity index (χ1n) is 8.39. The number of nitrogens with one attached hydrogen (secondary N) is 1. The van der Waals surface area contributed by atoms with Gasteiger partial charge in [-0.15, -0.1) is 0 Å². The van der Waals surface area contributed by atoms with Crippen LogP contribution < -0.4 is 10.1 Å². The van der Waals surface area contributed by atoms with Gasteiger partial charge in [0.2, 0.25) is 5.91 Å². The third-order valence-electron chi connectivity index (χ3n) is 4.11. The van der Waals surface area contributed by atoms with Crippen molar-refractivity contribution in [1.82, 2.24) is 10.2 Å². The summed E-state index contributed by atoms with van der Waals surface area (Å²) in [5.74, 6) is 0.958. The van der Waals surface area contributed by atoms with Crippen molar-refractivity contribution in [3.8, 4) is 5.75 Å². The van der Waals surface area contributed by atoms with Gasteiger partial charge in [-0.1, -0.05) is 12.1 Å². The lowest BCUT2D eigenvalue weighted by Crippen LogP contribution is -2.42. The van der Waals surface area contributed by atoms with Crippen molar-refractivity contribution < 1.29 is 14.3 Å². The van der Waals surface area contributed by atoms with Crippen LogP contribution >= 0.6 is 0 Å². The smallest absolute Gasteiger partial charge is 0.234 e. The van der Waals surface area contributed by atoms with Gasteiger partial charge in [0.15, 0.2) is 0 Å². The highest BCUT2D eigenvalue weighted by molar-refractivity contribution is 5.78. The molecule has 0 spiro atoms. The Bertz CT molecular complexity index is 490. The Morgan fingerprint density at radius 2 is 2.13 bits per heavy atom. The van der Waals surface area contributed by atoms with Crippen LogP contribution in [-0.2, 0) is 9.53 Å². The van der Waals surface area contributed by atoms with E-state index in [1.807, 2.05) is 26.0 Å². The van der Waals surface area contributed by atoms with Crippen LogP contribution in [0.15, 0.2) is 24.3 Å². The molecule has 1 aromatic rings. The van der Waals surface area contributed by atoms with Gasteiger partial charge < -0.3 is 14.8 Å². The molecule has 23 heavy (non-hydrogen) atoms. The maximum atomic E-state index is 12.2. The predicted octanol–water partition coefficient (Wildman–Crippen LogP) is 2.37. The Morgan fingerprint density at radius 3 is 2.78 bits per heavy atom. The fraction of sp³-hybridized carbons (Fsp3) is 0.611. The lowest BCUT2D eigenvalue weighted by atomic mass is 10.0. The zero-order valence-corrected chi connectivity index (χ0v) is 14.4. The second-order valence-corrected chi connectivity index (χ2v) is 6.05. The molecule has 0 bridgehead atoms. The van der Waals surface area contributed by atoms with Crippen molar-refractivity contribution in [1.29, 1.82) is 0 Å². The van der Waals surface area contributed by atoms with E-state index < -0.39 is 0 Å². The second kappa shape index (κ2) is 8.89. The molecule has 1 aliphatic rings. The number of benzene rings is 1. The van der Waals surface area contributed by atoms with Crippen LogP contribution in [0.2, 0.25) is 0 Å². The highest BCUT2D eigenvalue weighted by atomic mass is 16.5. The molecular weight excluding hydrogens is 292 g/mol. The van der Waals surface area contributed by atoms with Crippen LogP contribution in [0.1, 0.15) is 38.3 Å². The lowest BCUT2D eigenvalue weighted by molar-refractivity contribution is -0.123. The summed E-state index contributed by atoms with van der Waals surface area (Å²) in [5.41, 5.74) is 1.25. The monoisotopic (exact) mass is 320 g/mol. The van der Waals surface area contributed by atoms with Crippen molar-refractivity contribution in [3.05, 3.63) is 29.8 Å². The topological polar surface area (TPSA) is 50.8 Å². The summed E-state index contributed by atoms with van der Waals surface area (Å²) < 4.78 is 10.5. The van der Waals surface area contributed by atoms with Crippen LogP contribution in [0.5, 0.6) is 5.75 Å². The van der Waals surface area contributed by atoms with Crippen LogP contribution in [0.25, 0.3) is 0 Å². The van der Waals surface area contributed by atoms with Gasteiger partial charge in [0.1, 0.15) is 5.75 Å². The number of amides is 1. The zero-order chi connectivity index (χ0) is 16.7. The van der Waals surface area contributed by atoms with Gasteiger partial charge in [0.05, 0.1) is 19.8 Å². The summed E-state index contributed by atoms with van der Waals surface area (Å²) in [5, 5.41) is 2.98. The zero-order valence-electron chi connectivity index (χ0n) is 14.4. The van der Waals surface area contributed by atoms with Gasteiger partial charge in [0.25, 0.3) is 0 Å². The van der Waals surface area contributed by atoms with Crippen molar-refractivity contribution in [2.45, 2.75) is 38.8 Å². The number of carbonyl (C=O) groups is 1. The van der Waals surface area contributed by atoms with Gasteiger partial charge in [-0.2, -0.15) is 0 Å². The molecule has 2 atom stereocenters. The molecule has 1 saturated heterocycles. The molecular formula is C18H28N2O3. The number of carbonyl (C=O) groups excluding carboxylic acids is 1. The fourth-order valence-corrected chi connectivity index (χ4v) is 3.14. The van der Waals surface area contributed by atoms with E-state index in [1.165, 1.54) is 5.56 Å². The fourth-order valence-electron chi connectivity index (χ4n) is 3.14. The Labute approximate surface area is 139 Å². The molecule has 0 unspecified atom stereocenters. The second-order valence-electron chi connectivity index (χ2n) is 6.05. The number of ether oxygens (including phenoxy) is 2. The molecule has 1 aliphatic heterocycles. The van der Waals surface area contributed by atoms with E-state index in [9.17, 15) is 4.79 Å². The van der Waals surface area contributed by atoms with Crippen molar-refractivity contribution in [2.75, 3.05) is 33.4 Å². The van der Waals surface area contributed by atoms with Crippen LogP contribution in [0, 0.1) is 0 Å². The van der Waals surface area contributed by atoms with Gasteiger partial charge in [0, 0.05) is 19.2 Å². The minimum atomic E-state index is 0.0408. The molecule has 128 valence electrons. The van der Waals surface area contributed by atoms with E-state index >= 15 is 0 Å². The Hall–Kier alpha value is -1.59. The van der Waals surface area contributed by atoms with E-state index in [2.05, 4.69) is 22.3 Å². The maximum absolute atomic E-state index is 12.2. The summed E-state index contributed by atoms with van der Waals surface area (Å²) in [4.78, 5) is 14.4. The van der Waals surface area contributed by atoms with Crippen molar-refractivity contribution in [2.24, 2.45) is 0 Å². The molecule has 1 aromatic carbocycles. The standard InChI is InChI=1S/C18H28N2O3/c1-4-23-16-9-7-15(8-10-16)17-6-5-11-20(17)12-18(21)19-14(2)13-22-3/h7-10,14,17H,4-6,11-13H2,1-3H3,(H,19,21)/t14-,17+/m1/s1. The summed E-state index contributed by atoms with van der Waals surface area (Å²) in [6.45, 7) is 6.55. The quantitative estimate of drug-likeness (QED) is 0.799. The van der Waals surface area contributed by atoms with E-state index in [1.54, 1.807) is 7.11 Å². The van der Waals surface area contributed by atoms with E-state index in [-0.39, 0.29) is 11.9 Å². The Morgan fingerprint density at radius 1 is 1.39 bits per heavy atom. The van der Waals surface area contributed by atoms with Gasteiger partial charge in [-0.3, -0.25) is 9.69 Å². The molecule has 1 amide bonds. The highest BCUT2D eigenvalue weighted by Crippen LogP contribution is 2.32. The molecule has 0 aromatic heterocycles. The first-order chi connectivity index (χ1) is 11.1. The normalized spacial score (nSPS) is 19.5. The number of methoxy groups -OCH3 is 1. The molecule has 5 nitrogen and oxygen atoms in total. The molecule has 0 saturated carbocycles. The highest BCUT2D eigenvalue weighted by Gasteiger charge is 2.27. The van der Waals surface area contributed by atoms with Crippen molar-refractivity contribution in [3.63, 3.8) is 0 Å². The molecule has 0 radical (unpaired) electrons. The molecule has 1 heterocycles. The van der Waals surface area contributed by atoms with Crippen molar-refractivity contribution >= 4 is 5.91 Å². The Kier molecular flexibility index (Phi) is 6.86. The number of rotatable bonds is 8. The summed E-state index contributed by atoms with van der Waals surface area (Å²) in [7, 11) is 1.64. The molecule has 1 N–H and O–H groups in total. The average Bonchev–Trinajstić information content (AvgIpc) is 2.96. The van der Waals surface area contributed by atoms with Gasteiger partial charge in [-0.05, 0) is 50.9 Å². The van der Waals surface area contributed by atoms with Gasteiger partial charge in [-0.25, -0.2) is 0 Å². The molecule has 2 rings (SSSR count). The summed E-state index contributed by atoms with van der Waals surface area (Å²) >= 11 is 0. The maximum Gasteiger partial charge on any atom is 0.234 e. The number of nitrogens with zero attached hydrogens (tertiary/aromatic N) is 1. The van der Waals surface area contributed by atoms with Gasteiger partial charge >= 0.3 is 0 Å². The first-order valence-corrected chi connectivity index (χ1v) is 8.39. The van der Waals surface area contributed by atoms with E-state index in [4.69, 9.17) is 9.47 Å². The Balaban J connectivity index is 1.93. The molecule has 1 fully saturated rings. The summed E-state index contributed by atoms with van der Waals surface area (Å²) in [6, 6.07) is 8.60. The third kappa shape index (κ3) is 5.22.